The van der Waals surface area contributed by atoms with Crippen LogP contribution in [0.1, 0.15) is 0 Å². The molecule has 0 aliphatic rings. The Hall–Kier alpha value is -1.44. The van der Waals surface area contributed by atoms with Crippen molar-refractivity contribution in [1.29, 1.82) is 0 Å². The van der Waals surface area contributed by atoms with Crippen molar-refractivity contribution in [3.05, 3.63) is 0 Å². The summed E-state index contributed by atoms with van der Waals surface area (Å²) in [7, 11) is 0. The minimum Gasteiger partial charge on any atom is -0.221 e. The van der Waals surface area contributed by atoms with Gasteiger partial charge in [-0.25, -0.2) is 14.5 Å². The van der Waals surface area contributed by atoms with Gasteiger partial charge in [-0.1, -0.05) is 0 Å². The summed E-state index contributed by atoms with van der Waals surface area (Å²) in [5, 5.41) is 4.85. The molecule has 36 valence electrons. The molecule has 7 heavy (non-hydrogen) atoms. The molecule has 0 N–H and O–H groups in total. The average Bonchev–Trinajstić information content (AvgIpc) is 1.69. The van der Waals surface area contributed by atoms with Gasteiger partial charge >= 0.3 is 0 Å². The predicted octanol–water partition coefficient (Wildman–Crippen LogP) is -0.495. The number of hydrogen-bond acceptors (Lipinski definition) is 5. The summed E-state index contributed by atoms with van der Waals surface area (Å²) >= 11 is 0. The molecule has 0 atom stereocenters. The highest BCUT2D eigenvalue weighted by atomic mass is 16.8. The molecule has 0 aromatic rings. The van der Waals surface area contributed by atoms with Crippen molar-refractivity contribution in [2.75, 3.05) is 0 Å². The zero-order chi connectivity index (χ0) is 5.54. The van der Waals surface area contributed by atoms with E-state index in [1.54, 1.807) is 0 Å². The molecule has 0 heterocycles. The second kappa shape index (κ2) is 4.56. The maximum atomic E-state index is 9.07. The lowest BCUT2D eigenvalue weighted by molar-refractivity contribution is 0.154. The second-order valence-corrected chi connectivity index (χ2v) is 0.447. The van der Waals surface area contributed by atoms with Gasteiger partial charge in [0.15, 0.2) is 0 Å². The Morgan fingerprint density at radius 3 is 1.86 bits per heavy atom. The summed E-state index contributed by atoms with van der Waals surface area (Å²) < 4.78 is 0. The van der Waals surface area contributed by atoms with E-state index in [2.05, 4.69) is 15.2 Å². The Labute approximate surface area is 38.2 Å². The second-order valence-electron chi connectivity index (χ2n) is 0.447. The van der Waals surface area contributed by atoms with Crippen LogP contribution in [0.15, 0.2) is 10.3 Å². The third kappa shape index (κ3) is 4.56. The van der Waals surface area contributed by atoms with Crippen molar-refractivity contribution in [1.82, 2.24) is 0 Å². The SMILES string of the molecule is O=C=NON=C=O. The molecule has 0 amide bonds. The highest BCUT2D eigenvalue weighted by Crippen LogP contribution is 1.65. The molecule has 0 fully saturated rings. The molecule has 0 aromatic carbocycles. The van der Waals surface area contributed by atoms with Gasteiger partial charge in [0.05, 0.1) is 0 Å². The first-order valence-corrected chi connectivity index (χ1v) is 1.22. The lowest BCUT2D eigenvalue weighted by Crippen LogP contribution is -1.61. The van der Waals surface area contributed by atoms with Crippen molar-refractivity contribution < 1.29 is 14.5 Å². The van der Waals surface area contributed by atoms with Crippen molar-refractivity contribution in [2.24, 2.45) is 10.3 Å². The fourth-order valence-corrected chi connectivity index (χ4v) is 0.0537. The van der Waals surface area contributed by atoms with Gasteiger partial charge in [0.25, 0.3) is 12.2 Å². The summed E-state index contributed by atoms with van der Waals surface area (Å²) in [4.78, 5) is 21.7. The lowest BCUT2D eigenvalue weighted by Gasteiger charge is -1.66. The van der Waals surface area contributed by atoms with E-state index in [-0.39, 0.29) is 0 Å². The van der Waals surface area contributed by atoms with Crippen molar-refractivity contribution in [3.8, 4) is 0 Å². The minimum atomic E-state index is 0.983. The van der Waals surface area contributed by atoms with Crippen LogP contribution in [0.3, 0.4) is 0 Å². The van der Waals surface area contributed by atoms with E-state index in [1.165, 1.54) is 0 Å². The van der Waals surface area contributed by atoms with Crippen LogP contribution in [0.5, 0.6) is 0 Å². The first-order chi connectivity index (χ1) is 3.41. The van der Waals surface area contributed by atoms with Crippen LogP contribution in [-0.2, 0) is 14.5 Å². The highest BCUT2D eigenvalue weighted by Gasteiger charge is 1.61. The standard InChI is InChI=1S/C2N2O3/c5-1-3-7-4-2-6. The first kappa shape index (κ1) is 5.56. The number of nitrogens with zero attached hydrogens (tertiary/aromatic N) is 2. The molecular weight excluding hydrogens is 100 g/mol. The van der Waals surface area contributed by atoms with Gasteiger partial charge in [0.2, 0.25) is 0 Å². The third-order valence-electron chi connectivity index (χ3n) is 0.156. The van der Waals surface area contributed by atoms with Crippen LogP contribution in [-0.4, -0.2) is 12.2 Å². The number of carbonyl (C=O) groups excluding carboxylic acids is 2. The van der Waals surface area contributed by atoms with E-state index in [1.807, 2.05) is 0 Å². The minimum absolute atomic E-state index is 0.983. The first-order valence-electron chi connectivity index (χ1n) is 1.22. The van der Waals surface area contributed by atoms with E-state index in [9.17, 15) is 0 Å². The molecule has 0 aromatic heterocycles. The van der Waals surface area contributed by atoms with Crippen LogP contribution in [0.4, 0.5) is 0 Å². The normalized spacial score (nSPS) is 5.14. The zero-order valence-corrected chi connectivity index (χ0v) is 3.12. The number of isocyanates is 2. The summed E-state index contributed by atoms with van der Waals surface area (Å²) in [6.07, 6.45) is 1.97. The fourth-order valence-electron chi connectivity index (χ4n) is 0.0537. The number of hydrogen-bond donors (Lipinski definition) is 0. The van der Waals surface area contributed by atoms with Crippen LogP contribution in [0, 0.1) is 0 Å². The monoisotopic (exact) mass is 100.0 g/mol. The van der Waals surface area contributed by atoms with Crippen molar-refractivity contribution in [2.45, 2.75) is 0 Å². The van der Waals surface area contributed by atoms with Crippen LogP contribution < -0.4 is 0 Å². The van der Waals surface area contributed by atoms with E-state index in [0.29, 0.717) is 0 Å². The molecule has 0 saturated heterocycles. The molecule has 0 rings (SSSR count). The van der Waals surface area contributed by atoms with Crippen LogP contribution in [0.2, 0.25) is 0 Å². The van der Waals surface area contributed by atoms with E-state index < -0.39 is 0 Å². The lowest BCUT2D eigenvalue weighted by atomic mass is 11.6. The van der Waals surface area contributed by atoms with Gasteiger partial charge in [-0.15, -0.1) is 0 Å². The topological polar surface area (TPSA) is 68.1 Å². The van der Waals surface area contributed by atoms with E-state index in [4.69, 9.17) is 9.59 Å². The molecule has 0 aliphatic carbocycles. The smallest absolute Gasteiger partial charge is 0.221 e. The Morgan fingerprint density at radius 1 is 1.14 bits per heavy atom. The van der Waals surface area contributed by atoms with Gasteiger partial charge in [0.1, 0.15) is 0 Å². The quantitative estimate of drug-likeness (QED) is 0.267. The van der Waals surface area contributed by atoms with E-state index in [0.717, 1.165) is 12.2 Å². The van der Waals surface area contributed by atoms with Gasteiger partial charge in [0, 0.05) is 10.3 Å². The van der Waals surface area contributed by atoms with Gasteiger partial charge in [-0.2, -0.15) is 0 Å². The van der Waals surface area contributed by atoms with Gasteiger partial charge in [-0.3, -0.25) is 0 Å². The largest absolute Gasteiger partial charge is 0.279 e. The fraction of sp³-hybridized carbons (Fsp3) is 0. The van der Waals surface area contributed by atoms with Crippen LogP contribution >= 0.6 is 0 Å². The summed E-state index contributed by atoms with van der Waals surface area (Å²) in [5.74, 6) is 0. The highest BCUT2D eigenvalue weighted by molar-refractivity contribution is 5.32. The maximum Gasteiger partial charge on any atom is 0.279 e. The Morgan fingerprint density at radius 2 is 1.57 bits per heavy atom. The molecule has 0 unspecified atom stereocenters. The van der Waals surface area contributed by atoms with Gasteiger partial charge in [-0.05, 0) is 0 Å². The molecule has 5 nitrogen and oxygen atoms in total. The molecular formula is C2N2O3. The number of rotatable bonds is 2. The molecule has 0 bridgehead atoms. The molecule has 0 aliphatic heterocycles. The van der Waals surface area contributed by atoms with Crippen molar-refractivity contribution in [3.63, 3.8) is 0 Å². The average molecular weight is 100 g/mol. The summed E-state index contributed by atoms with van der Waals surface area (Å²) in [6, 6.07) is 0. The summed E-state index contributed by atoms with van der Waals surface area (Å²) in [5.41, 5.74) is 0. The van der Waals surface area contributed by atoms with Crippen molar-refractivity contribution >= 4 is 12.2 Å². The Balaban J connectivity index is 3.33. The third-order valence-corrected chi connectivity index (χ3v) is 0.156. The summed E-state index contributed by atoms with van der Waals surface area (Å²) in [6.45, 7) is 0. The molecule has 5 heteroatoms. The molecule has 0 radical (unpaired) electrons. The molecule has 0 saturated carbocycles. The maximum absolute atomic E-state index is 9.07. The Bertz CT molecular complexity index is 114. The van der Waals surface area contributed by atoms with Crippen LogP contribution in [0.25, 0.3) is 0 Å². The Kier molecular flexibility index (Phi) is 3.62. The van der Waals surface area contributed by atoms with Gasteiger partial charge < -0.3 is 0 Å². The zero-order valence-electron chi connectivity index (χ0n) is 3.12. The predicted molar refractivity (Wildman–Crippen MR) is 17.3 cm³/mol. The van der Waals surface area contributed by atoms with E-state index >= 15 is 0 Å². The molecule has 0 spiro atoms.